The second kappa shape index (κ2) is 8.47. The summed E-state index contributed by atoms with van der Waals surface area (Å²) < 4.78 is 9.27. The number of ether oxygens (including phenoxy) is 2. The van der Waals surface area contributed by atoms with Gasteiger partial charge in [0.25, 0.3) is 0 Å². The van der Waals surface area contributed by atoms with Crippen molar-refractivity contribution >= 4 is 23.5 Å². The fourth-order valence-corrected chi connectivity index (χ4v) is 2.04. The van der Waals surface area contributed by atoms with Crippen molar-refractivity contribution in [3.05, 3.63) is 38.8 Å². The van der Waals surface area contributed by atoms with E-state index in [0.29, 0.717) is 5.01 Å². The highest BCUT2D eigenvalue weighted by molar-refractivity contribution is 5.83. The Kier molecular flexibility index (Phi) is 6.67. The minimum absolute atomic E-state index is 0.230. The van der Waals surface area contributed by atoms with Gasteiger partial charge >= 0.3 is 17.6 Å². The summed E-state index contributed by atoms with van der Waals surface area (Å²) in [7, 11) is 1.06. The summed E-state index contributed by atoms with van der Waals surface area (Å²) in [5.74, 6) is -2.72. The Hall–Kier alpha value is -3.37. The van der Waals surface area contributed by atoms with Gasteiger partial charge < -0.3 is 9.47 Å². The average molecular weight is 353 g/mol. The number of nitroso groups, excluding NO2 is 1. The monoisotopic (exact) mass is 353 g/mol. The van der Waals surface area contributed by atoms with Crippen LogP contribution in [-0.2, 0) is 25.5 Å². The van der Waals surface area contributed by atoms with Gasteiger partial charge in [-0.1, -0.05) is 6.07 Å². The molecule has 0 saturated heterocycles. The molecule has 134 valence electrons. The van der Waals surface area contributed by atoms with Crippen molar-refractivity contribution < 1.29 is 28.8 Å². The van der Waals surface area contributed by atoms with Crippen LogP contribution < -0.4 is 4.74 Å². The van der Waals surface area contributed by atoms with E-state index < -0.39 is 34.5 Å². The maximum Gasteiger partial charge on any atom is 0.331 e. The molecule has 25 heavy (non-hydrogen) atoms. The maximum atomic E-state index is 11.8. The molecule has 1 rings (SSSR count). The Morgan fingerprint density at radius 1 is 1.32 bits per heavy atom. The van der Waals surface area contributed by atoms with Crippen molar-refractivity contribution in [1.82, 2.24) is 5.01 Å². The zero-order chi connectivity index (χ0) is 19.1. The van der Waals surface area contributed by atoms with E-state index in [9.17, 15) is 29.4 Å². The third-order valence-corrected chi connectivity index (χ3v) is 3.08. The first-order valence-corrected chi connectivity index (χ1v) is 6.87. The molecule has 0 radical (unpaired) electrons. The van der Waals surface area contributed by atoms with Crippen LogP contribution in [0.5, 0.6) is 5.75 Å². The summed E-state index contributed by atoms with van der Waals surface area (Å²) in [4.78, 5) is 55.4. The smallest absolute Gasteiger partial charge is 0.331 e. The number of benzene rings is 1. The van der Waals surface area contributed by atoms with Crippen LogP contribution in [0.25, 0.3) is 0 Å². The first-order chi connectivity index (χ1) is 11.7. The lowest BCUT2D eigenvalue weighted by molar-refractivity contribution is -0.385. The van der Waals surface area contributed by atoms with E-state index in [4.69, 9.17) is 4.74 Å². The minimum atomic E-state index is -1.39. The van der Waals surface area contributed by atoms with Crippen molar-refractivity contribution in [3.63, 3.8) is 0 Å². The van der Waals surface area contributed by atoms with E-state index >= 15 is 0 Å². The number of nitro benzene ring substituents is 1. The molecule has 0 unspecified atom stereocenters. The molecule has 11 heteroatoms. The lowest BCUT2D eigenvalue weighted by atomic mass is 10.0. The average Bonchev–Trinajstić information content (AvgIpc) is 2.54. The third kappa shape index (κ3) is 5.06. The molecule has 0 aliphatic carbocycles. The predicted octanol–water partition coefficient (Wildman–Crippen LogP) is 1.13. The second-order valence-electron chi connectivity index (χ2n) is 4.84. The summed E-state index contributed by atoms with van der Waals surface area (Å²) in [6.07, 6.45) is -0.265. The molecular weight excluding hydrogens is 338 g/mol. The van der Waals surface area contributed by atoms with E-state index in [2.05, 4.69) is 10.0 Å². The van der Waals surface area contributed by atoms with Gasteiger partial charge in [0.15, 0.2) is 6.04 Å². The number of esters is 2. The fourth-order valence-electron chi connectivity index (χ4n) is 2.04. The van der Waals surface area contributed by atoms with Gasteiger partial charge in [-0.25, -0.2) is 4.79 Å². The molecule has 1 aromatic carbocycles. The molecule has 0 saturated carbocycles. The SMILES string of the molecule is COC(=O)[C@H](Cc1ccc(OC(C)=O)c([N+](=O)[O-])c1)N(N=O)C(C)=O. The van der Waals surface area contributed by atoms with Gasteiger partial charge in [0.05, 0.1) is 17.3 Å². The van der Waals surface area contributed by atoms with Crippen LogP contribution in [0, 0.1) is 15.0 Å². The Balaban J connectivity index is 3.24. The van der Waals surface area contributed by atoms with Crippen LogP contribution in [0.2, 0.25) is 0 Å². The number of nitrogens with zero attached hydrogens (tertiary/aromatic N) is 3. The number of carbonyl (C=O) groups is 3. The predicted molar refractivity (Wildman–Crippen MR) is 82.2 cm³/mol. The highest BCUT2D eigenvalue weighted by Gasteiger charge is 2.31. The van der Waals surface area contributed by atoms with Crippen molar-refractivity contribution in [1.29, 1.82) is 0 Å². The van der Waals surface area contributed by atoms with Crippen LogP contribution in [-0.4, -0.2) is 40.9 Å². The normalized spacial score (nSPS) is 11.2. The Morgan fingerprint density at radius 3 is 2.40 bits per heavy atom. The highest BCUT2D eigenvalue weighted by atomic mass is 16.6. The summed E-state index contributed by atoms with van der Waals surface area (Å²) in [5.41, 5.74) is -0.280. The Morgan fingerprint density at radius 2 is 1.96 bits per heavy atom. The Bertz CT molecular complexity index is 718. The van der Waals surface area contributed by atoms with Gasteiger partial charge in [0, 0.05) is 26.3 Å². The number of hydrogen-bond acceptors (Lipinski definition) is 9. The summed E-state index contributed by atoms with van der Waals surface area (Å²) >= 11 is 0. The molecule has 1 atom stereocenters. The molecule has 11 nitrogen and oxygen atoms in total. The number of nitro groups is 1. The molecule has 0 fully saturated rings. The van der Waals surface area contributed by atoms with Gasteiger partial charge in [-0.3, -0.25) is 19.7 Å². The summed E-state index contributed by atoms with van der Waals surface area (Å²) in [6, 6.07) is 2.20. The number of rotatable bonds is 7. The quantitative estimate of drug-likeness (QED) is 0.233. The second-order valence-corrected chi connectivity index (χ2v) is 4.84. The van der Waals surface area contributed by atoms with E-state index in [0.717, 1.165) is 27.0 Å². The van der Waals surface area contributed by atoms with E-state index in [1.807, 2.05) is 0 Å². The molecule has 0 heterocycles. The first-order valence-electron chi connectivity index (χ1n) is 6.87. The van der Waals surface area contributed by atoms with Gasteiger partial charge in [-0.05, 0) is 11.6 Å². The number of methoxy groups -OCH3 is 1. The molecule has 0 aliphatic rings. The summed E-state index contributed by atoms with van der Waals surface area (Å²) in [5, 5.41) is 14.0. The zero-order valence-electron chi connectivity index (χ0n) is 13.6. The lowest BCUT2D eigenvalue weighted by Crippen LogP contribution is -2.42. The number of amides is 1. The molecule has 0 bridgehead atoms. The maximum absolute atomic E-state index is 11.8. The topological polar surface area (TPSA) is 145 Å². The standard InChI is InChI=1S/C14H15N3O8/c1-8(18)16(15-21)12(14(20)24-3)7-10-4-5-13(25-9(2)19)11(6-10)17(22)23/h4-6,12H,7H2,1-3H3/t12-/m0/s1. The molecule has 0 N–H and O–H groups in total. The van der Waals surface area contributed by atoms with Crippen molar-refractivity contribution in [2.75, 3.05) is 7.11 Å². The van der Waals surface area contributed by atoms with Crippen LogP contribution in [0.1, 0.15) is 19.4 Å². The Labute approximate surface area is 141 Å². The number of hydrogen-bond donors (Lipinski definition) is 0. The van der Waals surface area contributed by atoms with Crippen molar-refractivity contribution in [2.45, 2.75) is 26.3 Å². The van der Waals surface area contributed by atoms with E-state index in [-0.39, 0.29) is 17.7 Å². The van der Waals surface area contributed by atoms with E-state index in [1.165, 1.54) is 12.1 Å². The van der Waals surface area contributed by atoms with E-state index in [1.54, 1.807) is 0 Å². The molecule has 1 aromatic rings. The first kappa shape index (κ1) is 19.7. The molecule has 0 aliphatic heterocycles. The number of carbonyl (C=O) groups excluding carboxylic acids is 3. The molecule has 0 aromatic heterocycles. The lowest BCUT2D eigenvalue weighted by Gasteiger charge is -2.21. The fraction of sp³-hybridized carbons (Fsp3) is 0.357. The van der Waals surface area contributed by atoms with Gasteiger partial charge in [0.2, 0.25) is 11.7 Å². The van der Waals surface area contributed by atoms with Crippen LogP contribution in [0.15, 0.2) is 23.5 Å². The summed E-state index contributed by atoms with van der Waals surface area (Å²) in [6.45, 7) is 2.12. The van der Waals surface area contributed by atoms with Crippen molar-refractivity contribution in [3.8, 4) is 5.75 Å². The molecule has 0 spiro atoms. The van der Waals surface area contributed by atoms with Gasteiger partial charge in [-0.2, -0.15) is 5.01 Å². The largest absolute Gasteiger partial charge is 0.467 e. The van der Waals surface area contributed by atoms with Crippen LogP contribution in [0.4, 0.5) is 5.69 Å². The van der Waals surface area contributed by atoms with Crippen molar-refractivity contribution in [2.24, 2.45) is 5.29 Å². The third-order valence-electron chi connectivity index (χ3n) is 3.08. The minimum Gasteiger partial charge on any atom is -0.467 e. The van der Waals surface area contributed by atoms with Gasteiger partial charge in [-0.15, -0.1) is 4.91 Å². The zero-order valence-corrected chi connectivity index (χ0v) is 13.6. The van der Waals surface area contributed by atoms with Gasteiger partial charge in [0.1, 0.15) is 0 Å². The van der Waals surface area contributed by atoms with Crippen LogP contribution >= 0.6 is 0 Å². The highest BCUT2D eigenvalue weighted by Crippen LogP contribution is 2.29. The molecule has 1 amide bonds. The van der Waals surface area contributed by atoms with Crippen LogP contribution in [0.3, 0.4) is 0 Å². The molecular formula is C14H15N3O8.